The molecule has 0 spiro atoms. The lowest BCUT2D eigenvalue weighted by Crippen LogP contribution is -2.17. The number of benzene rings is 1. The van der Waals surface area contributed by atoms with E-state index in [1.165, 1.54) is 16.7 Å². The molecule has 0 saturated carbocycles. The van der Waals surface area contributed by atoms with Gasteiger partial charge in [-0.05, 0) is 19.4 Å². The lowest BCUT2D eigenvalue weighted by Gasteiger charge is -2.14. The van der Waals surface area contributed by atoms with E-state index in [4.69, 9.17) is 0 Å². The molecule has 17 heavy (non-hydrogen) atoms. The van der Waals surface area contributed by atoms with Crippen molar-refractivity contribution in [2.24, 2.45) is 7.05 Å². The third-order valence-electron chi connectivity index (χ3n) is 2.91. The number of nitrogens with zero attached hydrogens (tertiary/aromatic N) is 2. The minimum atomic E-state index is 0.357. The summed E-state index contributed by atoms with van der Waals surface area (Å²) in [7, 11) is 1.94. The first-order chi connectivity index (χ1) is 8.15. The maximum atomic E-state index is 4.16. The lowest BCUT2D eigenvalue weighted by atomic mass is 10.1. The molecule has 0 fully saturated rings. The zero-order valence-electron chi connectivity index (χ0n) is 10.6. The highest BCUT2D eigenvalue weighted by Crippen LogP contribution is 2.14. The molecule has 1 atom stereocenters. The van der Waals surface area contributed by atoms with Gasteiger partial charge in [0, 0.05) is 31.4 Å². The van der Waals surface area contributed by atoms with E-state index in [0.29, 0.717) is 6.04 Å². The van der Waals surface area contributed by atoms with Crippen LogP contribution < -0.4 is 5.32 Å². The summed E-state index contributed by atoms with van der Waals surface area (Å²) in [4.78, 5) is 0. The van der Waals surface area contributed by atoms with Gasteiger partial charge in [-0.3, -0.25) is 4.68 Å². The topological polar surface area (TPSA) is 29.9 Å². The summed E-state index contributed by atoms with van der Waals surface area (Å²) in [6.45, 7) is 5.16. The van der Waals surface area contributed by atoms with Crippen molar-refractivity contribution in [1.82, 2.24) is 15.1 Å². The van der Waals surface area contributed by atoms with Gasteiger partial charge in [0.25, 0.3) is 0 Å². The van der Waals surface area contributed by atoms with Crippen LogP contribution >= 0.6 is 0 Å². The number of nitrogens with one attached hydrogen (secondary N) is 1. The zero-order chi connectivity index (χ0) is 12.3. The monoisotopic (exact) mass is 229 g/mol. The molecule has 1 aromatic carbocycles. The molecular weight excluding hydrogens is 210 g/mol. The van der Waals surface area contributed by atoms with E-state index in [2.05, 4.69) is 48.5 Å². The fraction of sp³-hybridized carbons (Fsp3) is 0.357. The van der Waals surface area contributed by atoms with E-state index in [1.54, 1.807) is 0 Å². The Hall–Kier alpha value is -1.61. The summed E-state index contributed by atoms with van der Waals surface area (Å²) in [5.74, 6) is 0. The van der Waals surface area contributed by atoms with E-state index in [0.717, 1.165) is 6.54 Å². The Balaban J connectivity index is 1.95. The molecule has 0 bridgehead atoms. The third-order valence-corrected chi connectivity index (χ3v) is 2.91. The third kappa shape index (κ3) is 3.17. The highest BCUT2D eigenvalue weighted by Gasteiger charge is 2.05. The largest absolute Gasteiger partial charge is 0.306 e. The van der Waals surface area contributed by atoms with Crippen molar-refractivity contribution >= 4 is 0 Å². The Morgan fingerprint density at radius 3 is 2.88 bits per heavy atom. The standard InChI is InChI=1S/C14H19N3/c1-11-5-4-6-14(7-11)12(2)15-8-13-9-16-17(3)10-13/h4-7,9-10,12,15H,8H2,1-3H3/t12-/m1/s1. The number of aryl methyl sites for hydroxylation is 2. The van der Waals surface area contributed by atoms with Gasteiger partial charge in [-0.1, -0.05) is 29.8 Å². The van der Waals surface area contributed by atoms with Crippen molar-refractivity contribution in [2.45, 2.75) is 26.4 Å². The second-order valence-electron chi connectivity index (χ2n) is 4.54. The molecule has 0 saturated heterocycles. The predicted octanol–water partition coefficient (Wildman–Crippen LogP) is 2.58. The van der Waals surface area contributed by atoms with Crippen LogP contribution in [0.5, 0.6) is 0 Å². The van der Waals surface area contributed by atoms with Gasteiger partial charge in [-0.25, -0.2) is 0 Å². The normalized spacial score (nSPS) is 12.6. The average molecular weight is 229 g/mol. The molecule has 0 unspecified atom stereocenters. The van der Waals surface area contributed by atoms with Crippen molar-refractivity contribution in [3.8, 4) is 0 Å². The lowest BCUT2D eigenvalue weighted by molar-refractivity contribution is 0.574. The summed E-state index contributed by atoms with van der Waals surface area (Å²) in [6.07, 6.45) is 3.94. The van der Waals surface area contributed by atoms with Crippen molar-refractivity contribution in [3.63, 3.8) is 0 Å². The maximum Gasteiger partial charge on any atom is 0.0534 e. The van der Waals surface area contributed by atoms with Crippen molar-refractivity contribution < 1.29 is 0 Å². The minimum Gasteiger partial charge on any atom is -0.306 e. The van der Waals surface area contributed by atoms with Gasteiger partial charge in [0.1, 0.15) is 0 Å². The quantitative estimate of drug-likeness (QED) is 0.873. The van der Waals surface area contributed by atoms with Crippen LogP contribution in [0.4, 0.5) is 0 Å². The summed E-state index contributed by atoms with van der Waals surface area (Å²) in [6, 6.07) is 8.97. The molecule has 0 aliphatic rings. The van der Waals surface area contributed by atoms with Crippen LogP contribution in [0.1, 0.15) is 29.7 Å². The van der Waals surface area contributed by atoms with Gasteiger partial charge in [0.2, 0.25) is 0 Å². The van der Waals surface area contributed by atoms with Crippen LogP contribution in [0.2, 0.25) is 0 Å². The van der Waals surface area contributed by atoms with Crippen molar-refractivity contribution in [1.29, 1.82) is 0 Å². The molecule has 0 amide bonds. The number of hydrogen-bond acceptors (Lipinski definition) is 2. The van der Waals surface area contributed by atoms with Crippen LogP contribution in [-0.4, -0.2) is 9.78 Å². The fourth-order valence-electron chi connectivity index (χ4n) is 1.89. The van der Waals surface area contributed by atoms with Gasteiger partial charge in [-0.2, -0.15) is 5.10 Å². The summed E-state index contributed by atoms with van der Waals surface area (Å²) >= 11 is 0. The first-order valence-corrected chi connectivity index (χ1v) is 5.92. The Morgan fingerprint density at radius 2 is 2.24 bits per heavy atom. The first kappa shape index (κ1) is 11.9. The smallest absolute Gasteiger partial charge is 0.0534 e. The summed E-state index contributed by atoms with van der Waals surface area (Å²) < 4.78 is 1.83. The highest BCUT2D eigenvalue weighted by molar-refractivity contribution is 5.24. The number of hydrogen-bond donors (Lipinski definition) is 1. The number of aromatic nitrogens is 2. The minimum absolute atomic E-state index is 0.357. The van der Waals surface area contributed by atoms with Crippen LogP contribution in [-0.2, 0) is 13.6 Å². The van der Waals surface area contributed by atoms with E-state index in [-0.39, 0.29) is 0 Å². The first-order valence-electron chi connectivity index (χ1n) is 5.92. The van der Waals surface area contributed by atoms with Crippen LogP contribution in [0, 0.1) is 6.92 Å². The molecule has 1 aromatic heterocycles. The van der Waals surface area contributed by atoms with Crippen LogP contribution in [0.25, 0.3) is 0 Å². The van der Waals surface area contributed by atoms with Crippen molar-refractivity contribution in [2.75, 3.05) is 0 Å². The van der Waals surface area contributed by atoms with E-state index in [9.17, 15) is 0 Å². The summed E-state index contributed by atoms with van der Waals surface area (Å²) in [5, 5.41) is 7.66. The van der Waals surface area contributed by atoms with Crippen molar-refractivity contribution in [3.05, 3.63) is 53.3 Å². The van der Waals surface area contributed by atoms with Gasteiger partial charge in [-0.15, -0.1) is 0 Å². The zero-order valence-corrected chi connectivity index (χ0v) is 10.6. The molecule has 0 radical (unpaired) electrons. The van der Waals surface area contributed by atoms with Gasteiger partial charge in [0.15, 0.2) is 0 Å². The molecule has 0 aliphatic heterocycles. The van der Waals surface area contributed by atoms with E-state index in [1.807, 2.05) is 24.1 Å². The van der Waals surface area contributed by atoms with Crippen LogP contribution in [0.15, 0.2) is 36.7 Å². The number of rotatable bonds is 4. The molecule has 0 aliphatic carbocycles. The molecule has 3 nitrogen and oxygen atoms in total. The summed E-state index contributed by atoms with van der Waals surface area (Å²) in [5.41, 5.74) is 3.85. The van der Waals surface area contributed by atoms with E-state index >= 15 is 0 Å². The maximum absolute atomic E-state index is 4.16. The predicted molar refractivity (Wildman–Crippen MR) is 69.6 cm³/mol. The highest BCUT2D eigenvalue weighted by atomic mass is 15.2. The van der Waals surface area contributed by atoms with Crippen LogP contribution in [0.3, 0.4) is 0 Å². The molecule has 1 heterocycles. The molecule has 90 valence electrons. The SMILES string of the molecule is Cc1cccc([C@@H](C)NCc2cnn(C)c2)c1. The Bertz CT molecular complexity index is 488. The molecule has 2 aromatic rings. The van der Waals surface area contributed by atoms with Gasteiger partial charge >= 0.3 is 0 Å². The van der Waals surface area contributed by atoms with Gasteiger partial charge in [0.05, 0.1) is 6.20 Å². The molecular formula is C14H19N3. The molecule has 3 heteroatoms. The van der Waals surface area contributed by atoms with Gasteiger partial charge < -0.3 is 5.32 Å². The molecule has 2 rings (SSSR count). The Labute approximate surface area is 102 Å². The van der Waals surface area contributed by atoms with E-state index < -0.39 is 0 Å². The Morgan fingerprint density at radius 1 is 1.41 bits per heavy atom. The Kier molecular flexibility index (Phi) is 3.59. The average Bonchev–Trinajstić information content (AvgIpc) is 2.72. The fourth-order valence-corrected chi connectivity index (χ4v) is 1.89. The second-order valence-corrected chi connectivity index (χ2v) is 4.54. The second kappa shape index (κ2) is 5.15. The molecule has 1 N–H and O–H groups in total.